The highest BCUT2D eigenvalue weighted by molar-refractivity contribution is 5.84. The van der Waals surface area contributed by atoms with Crippen LogP contribution in [0.3, 0.4) is 0 Å². The fourth-order valence-corrected chi connectivity index (χ4v) is 5.85. The van der Waals surface area contributed by atoms with Gasteiger partial charge in [-0.25, -0.2) is 4.79 Å². The van der Waals surface area contributed by atoms with Gasteiger partial charge in [0.1, 0.15) is 19.3 Å². The maximum Gasteiger partial charge on any atom is 0.326 e. The van der Waals surface area contributed by atoms with E-state index in [-0.39, 0.29) is 44.0 Å². The van der Waals surface area contributed by atoms with E-state index in [2.05, 4.69) is 16.0 Å². The molecular weight excluding hydrogens is 762 g/mol. The number of carboxylic acids is 2. The quantitative estimate of drug-likeness (QED) is 0.0396. The molecule has 0 radical (unpaired) electrons. The van der Waals surface area contributed by atoms with Crippen molar-refractivity contribution in [3.63, 3.8) is 0 Å². The molecule has 0 saturated heterocycles. The number of hydrogen-bond acceptors (Lipinski definition) is 10. The largest absolute Gasteiger partial charge is 0.481 e. The van der Waals surface area contributed by atoms with Gasteiger partial charge in [-0.2, -0.15) is 0 Å². The van der Waals surface area contributed by atoms with Crippen LogP contribution in [0.15, 0.2) is 0 Å². The monoisotopic (exact) mass is 846 g/mol. The number of carboxylic acid groups (broad SMARTS) is 2. The molecule has 0 aromatic rings. The molecule has 346 valence electrons. The molecule has 0 bridgehead atoms. The van der Waals surface area contributed by atoms with Gasteiger partial charge in [0.2, 0.25) is 17.7 Å². The number of aliphatic carboxylic acids is 2. The molecule has 0 saturated carbocycles. The van der Waals surface area contributed by atoms with Gasteiger partial charge in [-0.15, -0.1) is 0 Å². The predicted molar refractivity (Wildman–Crippen MR) is 229 cm³/mol. The molecule has 0 aliphatic heterocycles. The van der Waals surface area contributed by atoms with Crippen molar-refractivity contribution in [3.8, 4) is 0 Å². The van der Waals surface area contributed by atoms with E-state index in [1.165, 1.54) is 70.6 Å². The highest BCUT2D eigenvalue weighted by Crippen LogP contribution is 2.14. The van der Waals surface area contributed by atoms with E-state index < -0.39 is 23.9 Å². The van der Waals surface area contributed by atoms with Gasteiger partial charge in [0.15, 0.2) is 5.78 Å². The third kappa shape index (κ3) is 47.4. The van der Waals surface area contributed by atoms with Gasteiger partial charge in [0.05, 0.1) is 33.0 Å². The van der Waals surface area contributed by atoms with Gasteiger partial charge in [0, 0.05) is 45.4 Å². The molecule has 0 fully saturated rings. The minimum atomic E-state index is -1.06. The van der Waals surface area contributed by atoms with Crippen LogP contribution in [0, 0.1) is 0 Å². The van der Waals surface area contributed by atoms with Crippen molar-refractivity contribution in [1.82, 2.24) is 16.0 Å². The molecule has 3 amide bonds. The Hall–Kier alpha value is -3.14. The lowest BCUT2D eigenvalue weighted by Crippen LogP contribution is -2.42. The molecule has 5 N–H and O–H groups in total. The Morgan fingerprint density at radius 1 is 0.475 bits per heavy atom. The van der Waals surface area contributed by atoms with Crippen molar-refractivity contribution in [3.05, 3.63) is 0 Å². The summed E-state index contributed by atoms with van der Waals surface area (Å²) < 4.78 is 21.5. The number of ether oxygens (including phenoxy) is 4. The molecule has 0 spiro atoms. The fraction of sp³-hybridized carbons (Fsp3) is 0.864. The first-order chi connectivity index (χ1) is 28.6. The van der Waals surface area contributed by atoms with Gasteiger partial charge >= 0.3 is 11.9 Å². The highest BCUT2D eigenvalue weighted by Gasteiger charge is 2.19. The number of amides is 3. The summed E-state index contributed by atoms with van der Waals surface area (Å²) in [5.74, 6) is -2.07. The van der Waals surface area contributed by atoms with Crippen molar-refractivity contribution >= 4 is 35.4 Å². The lowest BCUT2D eigenvalue weighted by atomic mass is 10.0. The van der Waals surface area contributed by atoms with Crippen LogP contribution >= 0.6 is 0 Å². The van der Waals surface area contributed by atoms with Crippen LogP contribution in [-0.4, -0.2) is 118 Å². The van der Waals surface area contributed by atoms with E-state index in [4.69, 9.17) is 29.2 Å². The number of unbranched alkanes of at least 4 members (excludes halogenated alkanes) is 16. The molecule has 15 heteroatoms. The summed E-state index contributed by atoms with van der Waals surface area (Å²) in [5, 5.41) is 25.8. The van der Waals surface area contributed by atoms with Crippen LogP contribution in [-0.2, 0) is 47.7 Å². The second kappa shape index (κ2) is 45.9. The van der Waals surface area contributed by atoms with Crippen LogP contribution in [0.5, 0.6) is 0 Å². The minimum absolute atomic E-state index is 0.00963. The van der Waals surface area contributed by atoms with Crippen LogP contribution in [0.2, 0.25) is 0 Å². The Kier molecular flexibility index (Phi) is 45.1. The normalized spacial score (nSPS) is 11.3. The van der Waals surface area contributed by atoms with E-state index in [1.54, 1.807) is 0 Å². The summed E-state index contributed by atoms with van der Waals surface area (Å²) in [6.45, 7) is 8.54. The summed E-state index contributed by atoms with van der Waals surface area (Å²) in [6, 6.07) is -0.905. The summed E-state index contributed by atoms with van der Waals surface area (Å²) in [7, 11) is 0. The number of Topliss-reactive ketones (excluding diaryl/α,β-unsaturated/α-hetero) is 1. The fourth-order valence-electron chi connectivity index (χ4n) is 5.85. The average Bonchev–Trinajstić information content (AvgIpc) is 3.20. The van der Waals surface area contributed by atoms with Gasteiger partial charge in [-0.05, 0) is 32.6 Å². The molecule has 0 aliphatic carbocycles. The predicted octanol–water partition coefficient (Wildman–Crippen LogP) is 6.92. The molecule has 0 heterocycles. The summed E-state index contributed by atoms with van der Waals surface area (Å²) in [5.41, 5.74) is 0. The first-order valence-electron chi connectivity index (χ1n) is 22.7. The lowest BCUT2D eigenvalue weighted by molar-refractivity contribution is -0.143. The third-order valence-corrected chi connectivity index (χ3v) is 9.27. The number of carbonyl (C=O) groups excluding carboxylic acids is 4. The van der Waals surface area contributed by atoms with Gasteiger partial charge in [-0.3, -0.25) is 24.0 Å². The molecular formula is C44H83N3O12. The second-order valence-electron chi connectivity index (χ2n) is 14.8. The summed E-state index contributed by atoms with van der Waals surface area (Å²) in [4.78, 5) is 67.8. The molecule has 0 aliphatic rings. The molecule has 59 heavy (non-hydrogen) atoms. The smallest absolute Gasteiger partial charge is 0.326 e. The number of carbonyl (C=O) groups is 6. The molecule has 0 rings (SSSR count). The highest BCUT2D eigenvalue weighted by atomic mass is 16.5. The van der Waals surface area contributed by atoms with Crippen LogP contribution in [0.1, 0.15) is 175 Å². The minimum Gasteiger partial charge on any atom is -0.481 e. The SMILES string of the molecule is CCCCC(NC(=O)COCCOCCCC(=O)COCCOCCNC(=O)CCCCCCCCCCCCCCCCCCC(=O)O)C(=O)O.CCNC(=O)CC. The molecule has 0 aromatic heterocycles. The van der Waals surface area contributed by atoms with Gasteiger partial charge < -0.3 is 45.1 Å². The van der Waals surface area contributed by atoms with Crippen molar-refractivity contribution in [1.29, 1.82) is 0 Å². The Morgan fingerprint density at radius 3 is 1.44 bits per heavy atom. The Balaban J connectivity index is 0. The first-order valence-corrected chi connectivity index (χ1v) is 22.7. The Morgan fingerprint density at radius 2 is 0.966 bits per heavy atom. The number of ketones is 1. The van der Waals surface area contributed by atoms with E-state index in [0.717, 1.165) is 45.1 Å². The average molecular weight is 846 g/mol. The maximum atomic E-state index is 12.0. The topological polar surface area (TPSA) is 216 Å². The van der Waals surface area contributed by atoms with E-state index in [1.807, 2.05) is 20.8 Å². The Labute approximate surface area is 355 Å². The zero-order chi connectivity index (χ0) is 44.0. The van der Waals surface area contributed by atoms with Gasteiger partial charge in [-0.1, -0.05) is 117 Å². The van der Waals surface area contributed by atoms with E-state index >= 15 is 0 Å². The third-order valence-electron chi connectivity index (χ3n) is 9.27. The van der Waals surface area contributed by atoms with E-state index in [0.29, 0.717) is 77.9 Å². The number of nitrogens with one attached hydrogen (secondary N) is 3. The van der Waals surface area contributed by atoms with Crippen molar-refractivity contribution < 1.29 is 57.9 Å². The first kappa shape index (κ1) is 58.0. The summed E-state index contributed by atoms with van der Waals surface area (Å²) >= 11 is 0. The molecule has 0 aromatic carbocycles. The summed E-state index contributed by atoms with van der Waals surface area (Å²) in [6.07, 6.45) is 23.3. The van der Waals surface area contributed by atoms with Crippen LogP contribution in [0.25, 0.3) is 0 Å². The number of hydrogen-bond donors (Lipinski definition) is 5. The Bertz CT molecular complexity index is 1050. The zero-order valence-electron chi connectivity index (χ0n) is 37.1. The zero-order valence-corrected chi connectivity index (χ0v) is 37.1. The number of rotatable bonds is 43. The van der Waals surface area contributed by atoms with Crippen molar-refractivity contribution in [2.45, 2.75) is 181 Å². The maximum absolute atomic E-state index is 12.0. The second-order valence-corrected chi connectivity index (χ2v) is 14.8. The van der Waals surface area contributed by atoms with Crippen LogP contribution in [0.4, 0.5) is 0 Å². The standard InChI is InChI=1S/C39H72N2O11.C5H11NO/c1-2-3-22-35(39(47)48)41-37(44)33-52-31-28-49-26-20-21-34(42)32-51-30-29-50-27-25-40-36(43)23-18-16-14-12-10-8-6-4-5-7-9-11-13-15-17-19-24-38(45)46;1-3-5(7)6-4-2/h35H,2-33H2,1H3,(H,40,43)(H,41,44)(H,45,46)(H,47,48);3-4H2,1-2H3,(H,6,7). The molecule has 1 unspecified atom stereocenters. The lowest BCUT2D eigenvalue weighted by Gasteiger charge is -2.14. The molecule has 1 atom stereocenters. The van der Waals surface area contributed by atoms with Crippen LogP contribution < -0.4 is 16.0 Å². The van der Waals surface area contributed by atoms with Crippen molar-refractivity contribution in [2.75, 3.05) is 65.9 Å². The molecule has 15 nitrogen and oxygen atoms in total. The van der Waals surface area contributed by atoms with E-state index in [9.17, 15) is 28.8 Å². The van der Waals surface area contributed by atoms with Crippen molar-refractivity contribution in [2.24, 2.45) is 0 Å². The van der Waals surface area contributed by atoms with Gasteiger partial charge in [0.25, 0.3) is 0 Å².